The first kappa shape index (κ1) is 32.1. The van der Waals surface area contributed by atoms with E-state index >= 15 is 0 Å². The zero-order valence-electron chi connectivity index (χ0n) is 1.99. The molecule has 0 N–H and O–H groups in total. The van der Waals surface area contributed by atoms with Gasteiger partial charge in [-0.05, 0) is 0 Å². The molecule has 8 valence electrons. The molecular weight excluding hydrogens is 368 g/mol. The molecule has 0 saturated heterocycles. The molecule has 4 heteroatoms. The third-order valence-corrected chi connectivity index (χ3v) is 0. The Hall–Kier alpha value is 2.43. The Morgan fingerprint density at radius 1 is 0.750 bits per heavy atom. The summed E-state index contributed by atoms with van der Waals surface area (Å²) in [6.45, 7) is 0. The van der Waals surface area contributed by atoms with E-state index in [1.165, 1.54) is 0 Å². The predicted octanol–water partition coefficient (Wildman–Crippen LogP) is -1.26. The van der Waals surface area contributed by atoms with Crippen molar-refractivity contribution in [2.75, 3.05) is 0 Å². The summed E-state index contributed by atoms with van der Waals surface area (Å²) < 4.78 is 0. The Kier molecular flexibility index (Phi) is 145. The molecule has 1 nitrogen and oxygen atoms in total. The minimum Gasteiger partial charge on any atom is -2.00 e. The average Bonchev–Trinajstić information content (AvgIpc) is 0. The normalized spacial score (nSPS) is 0. The van der Waals surface area contributed by atoms with Gasteiger partial charge in [0.15, 0.2) is 0 Å². The van der Waals surface area contributed by atoms with Gasteiger partial charge in [0.05, 0.1) is 0 Å². The van der Waals surface area contributed by atoms with Gasteiger partial charge in [0.1, 0.15) is 0 Å². The van der Waals surface area contributed by atoms with Crippen molar-refractivity contribution in [3.8, 4) is 0 Å². The maximum atomic E-state index is 0. The Morgan fingerprint density at radius 3 is 0.750 bits per heavy atom. The minimum absolute atomic E-state index is 0. The summed E-state index contributed by atoms with van der Waals surface area (Å²) in [5, 5.41) is 0. The van der Waals surface area contributed by atoms with Gasteiger partial charge in [-0.1, -0.05) is 0 Å². The molecule has 0 amide bonds. The van der Waals surface area contributed by atoms with Gasteiger partial charge in [0, 0.05) is 0 Å². The van der Waals surface area contributed by atoms with E-state index in [9.17, 15) is 0 Å². The molecule has 0 fully saturated rings. The van der Waals surface area contributed by atoms with Gasteiger partial charge in [-0.25, -0.2) is 0 Å². The molecule has 0 radical (unpaired) electrons. The van der Waals surface area contributed by atoms with Crippen LogP contribution in [0.2, 0.25) is 0 Å². The monoisotopic (exact) mass is 371 g/mol. The van der Waals surface area contributed by atoms with Crippen molar-refractivity contribution in [2.45, 2.75) is 0 Å². The Labute approximate surface area is 77.9 Å². The number of hydrogen-bond acceptors (Lipinski definition) is 0. The zero-order valence-corrected chi connectivity index (χ0v) is 11.0. The molecule has 0 aromatic heterocycles. The predicted molar refractivity (Wildman–Crippen MR) is 17.9 cm³/mol. The number of hydrogen-bond donors (Lipinski definition) is 0. The summed E-state index contributed by atoms with van der Waals surface area (Å²) in [6.07, 6.45) is 0. The quantitative estimate of drug-likeness (QED) is 0.478. The van der Waals surface area contributed by atoms with Crippen LogP contribution in [-0.2, 0) is 5.48 Å². The standard InChI is InChI=1S/In.O.2Sn/q+3;-2;2*+4. The van der Waals surface area contributed by atoms with Gasteiger partial charge < -0.3 is 5.48 Å². The molecule has 0 unspecified atom stereocenters. The first-order valence-corrected chi connectivity index (χ1v) is 0. The molecule has 0 bridgehead atoms. The SMILES string of the molecule is [In+3].[O-2].[Sn+4].[Sn+4]. The summed E-state index contributed by atoms with van der Waals surface area (Å²) in [7, 11) is 0. The fraction of sp³-hybridized carbons (Fsp3) is 0. The number of rotatable bonds is 0. The smallest absolute Gasteiger partial charge is 2.00 e. The van der Waals surface area contributed by atoms with Gasteiger partial charge in [-0.2, -0.15) is 0 Å². The van der Waals surface area contributed by atoms with E-state index in [0.29, 0.717) is 0 Å². The summed E-state index contributed by atoms with van der Waals surface area (Å²) in [4.78, 5) is 0. The second kappa shape index (κ2) is 18.1. The molecule has 0 spiro atoms. The van der Waals surface area contributed by atoms with Crippen LogP contribution in [0.15, 0.2) is 0 Å². The molecular formula is InOSn2+9. The summed E-state index contributed by atoms with van der Waals surface area (Å²) in [6, 6.07) is 0. The largest absolute Gasteiger partial charge is 4.00 e. The molecule has 4 heavy (non-hydrogen) atoms. The Bertz CT molecular complexity index is 6.00. The molecule has 0 aromatic carbocycles. The minimum atomic E-state index is 0. The summed E-state index contributed by atoms with van der Waals surface area (Å²) in [5.41, 5.74) is 0. The maximum absolute atomic E-state index is 0. The second-order valence-electron chi connectivity index (χ2n) is 0. The molecule has 0 saturated carbocycles. The summed E-state index contributed by atoms with van der Waals surface area (Å²) >= 11 is 0. The molecule has 0 aliphatic heterocycles. The molecule has 0 aromatic rings. The van der Waals surface area contributed by atoms with Crippen molar-refractivity contribution in [3.05, 3.63) is 0 Å². The van der Waals surface area contributed by atoms with E-state index in [4.69, 9.17) is 0 Å². The van der Waals surface area contributed by atoms with Crippen LogP contribution in [0.25, 0.3) is 0 Å². The molecule has 0 atom stereocenters. The van der Waals surface area contributed by atoms with Crippen LogP contribution in [0.5, 0.6) is 0 Å². The van der Waals surface area contributed by atoms with Crippen molar-refractivity contribution in [1.82, 2.24) is 0 Å². The molecule has 0 heterocycles. The second-order valence-corrected chi connectivity index (χ2v) is 0. The van der Waals surface area contributed by atoms with Crippen LogP contribution in [-0.4, -0.2) is 73.7 Å². The van der Waals surface area contributed by atoms with Crippen LogP contribution in [0.4, 0.5) is 0 Å². The third kappa shape index (κ3) is 8.83. The van der Waals surface area contributed by atoms with Crippen LogP contribution in [0.3, 0.4) is 0 Å². The van der Waals surface area contributed by atoms with Gasteiger partial charge in [-0.3, -0.25) is 0 Å². The van der Waals surface area contributed by atoms with Gasteiger partial charge in [-0.15, -0.1) is 0 Å². The third-order valence-electron chi connectivity index (χ3n) is 0. The average molecular weight is 368 g/mol. The van der Waals surface area contributed by atoms with E-state index in [0.717, 1.165) is 0 Å². The van der Waals surface area contributed by atoms with Crippen LogP contribution < -0.4 is 0 Å². The van der Waals surface area contributed by atoms with Gasteiger partial charge in [0.25, 0.3) is 0 Å². The fourth-order valence-electron chi connectivity index (χ4n) is 0. The van der Waals surface area contributed by atoms with Crippen LogP contribution >= 0.6 is 0 Å². The fourth-order valence-corrected chi connectivity index (χ4v) is 0. The maximum Gasteiger partial charge on any atom is 4.00 e. The van der Waals surface area contributed by atoms with E-state index in [2.05, 4.69) is 0 Å². The van der Waals surface area contributed by atoms with E-state index in [-0.39, 0.29) is 79.1 Å². The first-order valence-electron chi connectivity index (χ1n) is 0. The zero-order chi connectivity index (χ0) is 0. The van der Waals surface area contributed by atoms with Crippen molar-refractivity contribution in [2.24, 2.45) is 0 Å². The summed E-state index contributed by atoms with van der Waals surface area (Å²) in [5.74, 6) is 0. The van der Waals surface area contributed by atoms with E-state index in [1.807, 2.05) is 0 Å². The molecule has 0 rings (SSSR count). The van der Waals surface area contributed by atoms with E-state index in [1.54, 1.807) is 0 Å². The van der Waals surface area contributed by atoms with Crippen molar-refractivity contribution >= 4 is 73.7 Å². The Balaban J connectivity index is 0. The van der Waals surface area contributed by atoms with Crippen LogP contribution in [0.1, 0.15) is 0 Å². The van der Waals surface area contributed by atoms with Gasteiger partial charge >= 0.3 is 73.7 Å². The molecule has 0 aliphatic carbocycles. The van der Waals surface area contributed by atoms with Crippen molar-refractivity contribution < 1.29 is 5.48 Å². The van der Waals surface area contributed by atoms with E-state index < -0.39 is 0 Å². The van der Waals surface area contributed by atoms with Crippen molar-refractivity contribution in [3.63, 3.8) is 0 Å². The Morgan fingerprint density at radius 2 is 0.750 bits per heavy atom. The van der Waals surface area contributed by atoms with Gasteiger partial charge in [0.2, 0.25) is 0 Å². The topological polar surface area (TPSA) is 28.5 Å². The molecule has 0 aliphatic rings. The van der Waals surface area contributed by atoms with Crippen molar-refractivity contribution in [1.29, 1.82) is 0 Å². The van der Waals surface area contributed by atoms with Crippen LogP contribution in [0, 0.1) is 0 Å². The first-order chi connectivity index (χ1) is 0.